The van der Waals surface area contributed by atoms with Gasteiger partial charge in [-0.3, -0.25) is 4.79 Å². The van der Waals surface area contributed by atoms with E-state index in [9.17, 15) is 4.79 Å². The Morgan fingerprint density at radius 2 is 1.86 bits per heavy atom. The van der Waals surface area contributed by atoms with Crippen LogP contribution in [-0.4, -0.2) is 40.0 Å². The summed E-state index contributed by atoms with van der Waals surface area (Å²) in [4.78, 5) is 23.6. The van der Waals surface area contributed by atoms with Crippen LogP contribution in [0.3, 0.4) is 0 Å². The van der Waals surface area contributed by atoms with E-state index in [2.05, 4.69) is 28.2 Å². The number of ether oxygens (including phenoxy) is 1. The van der Waals surface area contributed by atoms with Crippen molar-refractivity contribution < 1.29 is 9.53 Å². The van der Waals surface area contributed by atoms with Crippen LogP contribution in [0, 0.1) is 13.8 Å². The lowest BCUT2D eigenvalue weighted by Gasteiger charge is -2.32. The van der Waals surface area contributed by atoms with Gasteiger partial charge in [0.25, 0.3) is 0 Å². The number of carbonyl (C=O) groups excluding carboxylic acids is 1. The summed E-state index contributed by atoms with van der Waals surface area (Å²) in [5.41, 5.74) is 2.85. The molecule has 1 saturated heterocycles. The molecule has 28 heavy (non-hydrogen) atoms. The Morgan fingerprint density at radius 1 is 1.11 bits per heavy atom. The zero-order chi connectivity index (χ0) is 19.5. The minimum Gasteiger partial charge on any atom is -0.458 e. The summed E-state index contributed by atoms with van der Waals surface area (Å²) in [6, 6.07) is 16.7. The molecule has 1 aliphatic heterocycles. The molecule has 0 saturated carbocycles. The fourth-order valence-electron chi connectivity index (χ4n) is 3.88. The molecule has 0 radical (unpaired) electrons. The van der Waals surface area contributed by atoms with Gasteiger partial charge >= 0.3 is 6.01 Å². The van der Waals surface area contributed by atoms with Gasteiger partial charge in [-0.05, 0) is 49.1 Å². The van der Waals surface area contributed by atoms with Crippen molar-refractivity contribution in [1.82, 2.24) is 14.9 Å². The normalized spacial score (nSPS) is 16.9. The molecule has 0 bridgehead atoms. The average Bonchev–Trinajstić information content (AvgIpc) is 2.68. The monoisotopic (exact) mass is 375 g/mol. The van der Waals surface area contributed by atoms with Gasteiger partial charge in [-0.1, -0.05) is 42.5 Å². The summed E-state index contributed by atoms with van der Waals surface area (Å²) >= 11 is 0. The SMILES string of the molecule is Cc1cc(C)nc(OC2CCCN(C(=O)Cc3cccc4ccccc34)C2)n1. The van der Waals surface area contributed by atoms with Crippen molar-refractivity contribution in [2.24, 2.45) is 0 Å². The van der Waals surface area contributed by atoms with E-state index >= 15 is 0 Å². The molecule has 0 aliphatic carbocycles. The summed E-state index contributed by atoms with van der Waals surface area (Å²) in [6.07, 6.45) is 2.19. The molecule has 3 aromatic rings. The van der Waals surface area contributed by atoms with Crippen molar-refractivity contribution in [1.29, 1.82) is 0 Å². The summed E-state index contributed by atoms with van der Waals surface area (Å²) in [7, 11) is 0. The standard InChI is InChI=1S/C23H25N3O2/c1-16-13-17(2)25-23(24-16)28-20-10-6-12-26(15-20)22(27)14-19-9-5-8-18-7-3-4-11-21(18)19/h3-5,7-9,11,13,20H,6,10,12,14-15H2,1-2H3. The number of benzene rings is 2. The number of likely N-dealkylation sites (tertiary alicyclic amines) is 1. The number of piperidine rings is 1. The molecule has 5 nitrogen and oxygen atoms in total. The molecule has 1 amide bonds. The van der Waals surface area contributed by atoms with Gasteiger partial charge in [0.05, 0.1) is 13.0 Å². The maximum Gasteiger partial charge on any atom is 0.317 e. The molecule has 1 aromatic heterocycles. The van der Waals surface area contributed by atoms with Crippen molar-refractivity contribution >= 4 is 16.7 Å². The fraction of sp³-hybridized carbons (Fsp3) is 0.348. The van der Waals surface area contributed by atoms with Crippen LogP contribution in [-0.2, 0) is 11.2 Å². The minimum atomic E-state index is -0.0635. The third-order valence-electron chi connectivity index (χ3n) is 5.19. The third-order valence-corrected chi connectivity index (χ3v) is 5.19. The molecular weight excluding hydrogens is 350 g/mol. The maximum atomic E-state index is 13.0. The van der Waals surface area contributed by atoms with Crippen molar-refractivity contribution in [3.63, 3.8) is 0 Å². The first-order valence-electron chi connectivity index (χ1n) is 9.82. The number of hydrogen-bond acceptors (Lipinski definition) is 4. The molecule has 2 heterocycles. The first-order chi connectivity index (χ1) is 13.6. The number of amides is 1. The van der Waals surface area contributed by atoms with Gasteiger partial charge in [0, 0.05) is 17.9 Å². The van der Waals surface area contributed by atoms with E-state index in [1.54, 1.807) is 0 Å². The Kier molecular flexibility index (Phi) is 5.24. The molecule has 144 valence electrons. The van der Waals surface area contributed by atoms with Crippen LogP contribution in [0.25, 0.3) is 10.8 Å². The summed E-state index contributed by atoms with van der Waals surface area (Å²) in [5.74, 6) is 0.144. The smallest absolute Gasteiger partial charge is 0.317 e. The topological polar surface area (TPSA) is 55.3 Å². The predicted octanol–water partition coefficient (Wildman–Crippen LogP) is 3.86. The molecule has 5 heteroatoms. The molecule has 0 spiro atoms. The first kappa shape index (κ1) is 18.4. The number of carbonyl (C=O) groups is 1. The van der Waals surface area contributed by atoms with Crippen LogP contribution < -0.4 is 4.74 Å². The molecule has 0 N–H and O–H groups in total. The van der Waals surface area contributed by atoms with Crippen molar-refractivity contribution in [2.45, 2.75) is 39.2 Å². The Balaban J connectivity index is 1.44. The molecule has 1 aliphatic rings. The predicted molar refractivity (Wildman–Crippen MR) is 109 cm³/mol. The summed E-state index contributed by atoms with van der Waals surface area (Å²) in [6.45, 7) is 5.22. The van der Waals surface area contributed by atoms with E-state index in [1.807, 2.05) is 49.1 Å². The zero-order valence-electron chi connectivity index (χ0n) is 16.4. The van der Waals surface area contributed by atoms with Crippen molar-refractivity contribution in [3.05, 3.63) is 65.5 Å². The molecule has 1 unspecified atom stereocenters. The fourth-order valence-corrected chi connectivity index (χ4v) is 3.88. The number of fused-ring (bicyclic) bond motifs is 1. The van der Waals surface area contributed by atoms with Gasteiger partial charge in [-0.15, -0.1) is 0 Å². The zero-order valence-corrected chi connectivity index (χ0v) is 16.4. The van der Waals surface area contributed by atoms with E-state index < -0.39 is 0 Å². The quantitative estimate of drug-likeness (QED) is 0.695. The van der Waals surface area contributed by atoms with E-state index in [1.165, 1.54) is 5.39 Å². The summed E-state index contributed by atoms with van der Waals surface area (Å²) in [5, 5.41) is 2.31. The van der Waals surface area contributed by atoms with Crippen molar-refractivity contribution in [3.8, 4) is 6.01 Å². The van der Waals surface area contributed by atoms with Crippen LogP contribution >= 0.6 is 0 Å². The second-order valence-corrected chi connectivity index (χ2v) is 7.47. The summed E-state index contributed by atoms with van der Waals surface area (Å²) < 4.78 is 6.00. The molecule has 4 rings (SSSR count). The van der Waals surface area contributed by atoms with Crippen LogP contribution in [0.5, 0.6) is 6.01 Å². The van der Waals surface area contributed by atoms with Gasteiger partial charge in [0.15, 0.2) is 0 Å². The van der Waals surface area contributed by atoms with Crippen LogP contribution in [0.4, 0.5) is 0 Å². The van der Waals surface area contributed by atoms with Crippen LogP contribution in [0.15, 0.2) is 48.5 Å². The van der Waals surface area contributed by atoms with Gasteiger partial charge in [0.2, 0.25) is 5.91 Å². The lowest BCUT2D eigenvalue weighted by molar-refractivity contribution is -0.133. The minimum absolute atomic E-state index is 0.0635. The Hall–Kier alpha value is -2.95. The lowest BCUT2D eigenvalue weighted by Crippen LogP contribution is -2.45. The van der Waals surface area contributed by atoms with Crippen LogP contribution in [0.1, 0.15) is 29.8 Å². The molecular formula is C23H25N3O2. The Bertz CT molecular complexity index is 977. The lowest BCUT2D eigenvalue weighted by atomic mass is 10.0. The Labute approximate surface area is 165 Å². The molecule has 1 fully saturated rings. The van der Waals surface area contributed by atoms with E-state index in [0.29, 0.717) is 19.0 Å². The van der Waals surface area contributed by atoms with Gasteiger partial charge in [0.1, 0.15) is 6.10 Å². The van der Waals surface area contributed by atoms with Crippen molar-refractivity contribution in [2.75, 3.05) is 13.1 Å². The molecule has 1 atom stereocenters. The van der Waals surface area contributed by atoms with E-state index in [0.717, 1.165) is 41.7 Å². The number of rotatable bonds is 4. The van der Waals surface area contributed by atoms with Gasteiger partial charge in [-0.25, -0.2) is 9.97 Å². The van der Waals surface area contributed by atoms with E-state index in [4.69, 9.17) is 4.74 Å². The number of aryl methyl sites for hydroxylation is 2. The highest BCUT2D eigenvalue weighted by Crippen LogP contribution is 2.21. The second kappa shape index (κ2) is 7.97. The van der Waals surface area contributed by atoms with Crippen LogP contribution in [0.2, 0.25) is 0 Å². The first-order valence-corrected chi connectivity index (χ1v) is 9.82. The highest BCUT2D eigenvalue weighted by atomic mass is 16.5. The largest absolute Gasteiger partial charge is 0.458 e. The van der Waals surface area contributed by atoms with E-state index in [-0.39, 0.29) is 12.0 Å². The van der Waals surface area contributed by atoms with Gasteiger partial charge in [-0.2, -0.15) is 0 Å². The van der Waals surface area contributed by atoms with Gasteiger partial charge < -0.3 is 9.64 Å². The third kappa shape index (κ3) is 4.14. The second-order valence-electron chi connectivity index (χ2n) is 7.47. The number of nitrogens with zero attached hydrogens (tertiary/aromatic N) is 3. The molecule has 2 aromatic carbocycles. The number of hydrogen-bond donors (Lipinski definition) is 0. The highest BCUT2D eigenvalue weighted by molar-refractivity contribution is 5.90. The number of aromatic nitrogens is 2. The maximum absolute atomic E-state index is 13.0. The average molecular weight is 375 g/mol. The highest BCUT2D eigenvalue weighted by Gasteiger charge is 2.26. The Morgan fingerprint density at radius 3 is 2.68 bits per heavy atom.